The number of nitrogens with two attached hydrogens (primary N) is 1. The molecule has 1 atom stereocenters. The fourth-order valence-electron chi connectivity index (χ4n) is 0.952. The van der Waals surface area contributed by atoms with E-state index < -0.39 is 12.7 Å². The summed E-state index contributed by atoms with van der Waals surface area (Å²) in [7, 11) is 0. The monoisotopic (exact) mass is 267 g/mol. The van der Waals surface area contributed by atoms with Crippen molar-refractivity contribution in [3.63, 3.8) is 0 Å². The zero-order chi connectivity index (χ0) is 10.0. The summed E-state index contributed by atoms with van der Waals surface area (Å²) in [6.07, 6.45) is 0. The van der Waals surface area contributed by atoms with Crippen LogP contribution in [0.3, 0.4) is 0 Å². The minimum Gasteiger partial charge on any atom is -0.506 e. The molecule has 0 spiro atoms. The molecule has 0 aliphatic carbocycles. The number of benzene rings is 1. The second-order valence-electron chi connectivity index (χ2n) is 2.59. The number of halogens is 3. The van der Waals surface area contributed by atoms with Crippen LogP contribution in [0.2, 0.25) is 5.02 Å². The Bertz CT molecular complexity index is 321. The van der Waals surface area contributed by atoms with Crippen molar-refractivity contribution in [1.29, 1.82) is 0 Å². The molecule has 0 saturated heterocycles. The van der Waals surface area contributed by atoms with Crippen LogP contribution >= 0.6 is 27.5 Å². The van der Waals surface area contributed by atoms with Gasteiger partial charge in [0.05, 0.1) is 10.5 Å². The number of aromatic hydroxyl groups is 1. The quantitative estimate of drug-likeness (QED) is 0.866. The van der Waals surface area contributed by atoms with Gasteiger partial charge in [0, 0.05) is 10.6 Å². The van der Waals surface area contributed by atoms with Crippen molar-refractivity contribution in [3.05, 3.63) is 27.2 Å². The number of phenols is 1. The molecule has 0 aliphatic rings. The van der Waals surface area contributed by atoms with Gasteiger partial charge in [-0.2, -0.15) is 0 Å². The molecular weight excluding hydrogens is 260 g/mol. The molecule has 0 fully saturated rings. The molecule has 0 bridgehead atoms. The van der Waals surface area contributed by atoms with Crippen LogP contribution in [0.5, 0.6) is 5.75 Å². The first-order valence-electron chi connectivity index (χ1n) is 3.55. The normalized spacial score (nSPS) is 12.9. The van der Waals surface area contributed by atoms with Gasteiger partial charge in [-0.05, 0) is 28.1 Å². The van der Waals surface area contributed by atoms with Crippen LogP contribution in [-0.4, -0.2) is 11.8 Å². The summed E-state index contributed by atoms with van der Waals surface area (Å²) >= 11 is 8.79. The van der Waals surface area contributed by atoms with Gasteiger partial charge in [0.2, 0.25) is 0 Å². The van der Waals surface area contributed by atoms with E-state index in [1.54, 1.807) is 0 Å². The number of rotatable bonds is 2. The van der Waals surface area contributed by atoms with Gasteiger partial charge in [-0.1, -0.05) is 11.6 Å². The molecule has 1 rings (SSSR count). The van der Waals surface area contributed by atoms with Gasteiger partial charge in [0.25, 0.3) is 0 Å². The molecule has 0 aromatic heterocycles. The predicted octanol–water partition coefficient (Wildman–Crippen LogP) is 2.78. The highest BCUT2D eigenvalue weighted by atomic mass is 79.9. The van der Waals surface area contributed by atoms with Gasteiger partial charge in [0.15, 0.2) is 0 Å². The SMILES string of the molecule is N[C@H](CF)c1cc(Cl)cc(Br)c1O. The van der Waals surface area contributed by atoms with E-state index in [1.807, 2.05) is 0 Å². The van der Waals surface area contributed by atoms with E-state index in [0.717, 1.165) is 0 Å². The Kier molecular flexibility index (Phi) is 3.53. The fraction of sp³-hybridized carbons (Fsp3) is 0.250. The minimum absolute atomic E-state index is 0.0606. The van der Waals surface area contributed by atoms with Gasteiger partial charge in [-0.25, -0.2) is 4.39 Å². The van der Waals surface area contributed by atoms with Crippen molar-refractivity contribution in [2.45, 2.75) is 6.04 Å². The number of hydrogen-bond donors (Lipinski definition) is 2. The van der Waals surface area contributed by atoms with Crippen LogP contribution in [0.1, 0.15) is 11.6 Å². The molecule has 13 heavy (non-hydrogen) atoms. The highest BCUT2D eigenvalue weighted by Crippen LogP contribution is 2.34. The van der Waals surface area contributed by atoms with Gasteiger partial charge in [-0.3, -0.25) is 0 Å². The van der Waals surface area contributed by atoms with E-state index in [0.29, 0.717) is 15.1 Å². The largest absolute Gasteiger partial charge is 0.506 e. The summed E-state index contributed by atoms with van der Waals surface area (Å²) in [5.41, 5.74) is 5.73. The van der Waals surface area contributed by atoms with E-state index in [4.69, 9.17) is 17.3 Å². The Labute approximate surface area is 88.6 Å². The lowest BCUT2D eigenvalue weighted by atomic mass is 10.1. The molecule has 72 valence electrons. The average molecular weight is 269 g/mol. The Hall–Kier alpha value is -0.320. The van der Waals surface area contributed by atoms with Crippen LogP contribution < -0.4 is 5.73 Å². The standard InChI is InChI=1S/C8H8BrClFNO/c9-6-2-4(10)1-5(8(6)13)7(12)3-11/h1-2,7,13H,3,12H2/t7-/m1/s1. The maximum absolute atomic E-state index is 12.2. The summed E-state index contributed by atoms with van der Waals surface area (Å²) in [6.45, 7) is -0.736. The maximum Gasteiger partial charge on any atom is 0.134 e. The van der Waals surface area contributed by atoms with Crippen LogP contribution in [0.4, 0.5) is 4.39 Å². The first-order chi connectivity index (χ1) is 6.06. The average Bonchev–Trinajstić information content (AvgIpc) is 2.10. The van der Waals surface area contributed by atoms with E-state index >= 15 is 0 Å². The lowest BCUT2D eigenvalue weighted by Gasteiger charge is -2.11. The van der Waals surface area contributed by atoms with Gasteiger partial charge >= 0.3 is 0 Å². The van der Waals surface area contributed by atoms with Crippen LogP contribution in [-0.2, 0) is 0 Å². The highest BCUT2D eigenvalue weighted by molar-refractivity contribution is 9.10. The number of phenolic OH excluding ortho intramolecular Hbond substituents is 1. The second-order valence-corrected chi connectivity index (χ2v) is 3.88. The Morgan fingerprint density at radius 2 is 2.23 bits per heavy atom. The molecule has 2 nitrogen and oxygen atoms in total. The Morgan fingerprint density at radius 3 is 2.77 bits per heavy atom. The van der Waals surface area contributed by atoms with Crippen molar-refractivity contribution in [3.8, 4) is 5.75 Å². The molecule has 0 amide bonds. The van der Waals surface area contributed by atoms with E-state index in [1.165, 1.54) is 12.1 Å². The first kappa shape index (κ1) is 10.8. The molecule has 0 radical (unpaired) electrons. The second kappa shape index (κ2) is 4.26. The third-order valence-corrected chi connectivity index (χ3v) is 2.45. The maximum atomic E-state index is 12.2. The van der Waals surface area contributed by atoms with Crippen molar-refractivity contribution in [2.24, 2.45) is 5.73 Å². The van der Waals surface area contributed by atoms with Gasteiger partial charge in [-0.15, -0.1) is 0 Å². The number of hydrogen-bond acceptors (Lipinski definition) is 2. The first-order valence-corrected chi connectivity index (χ1v) is 4.72. The lowest BCUT2D eigenvalue weighted by molar-refractivity contribution is 0.413. The number of alkyl halides is 1. The predicted molar refractivity (Wildman–Crippen MR) is 53.7 cm³/mol. The summed E-state index contributed by atoms with van der Waals surface area (Å²) in [5, 5.41) is 9.88. The highest BCUT2D eigenvalue weighted by Gasteiger charge is 2.13. The van der Waals surface area contributed by atoms with Crippen LogP contribution in [0.25, 0.3) is 0 Å². The zero-order valence-electron chi connectivity index (χ0n) is 6.60. The topological polar surface area (TPSA) is 46.2 Å². The molecule has 0 unspecified atom stereocenters. The van der Waals surface area contributed by atoms with Gasteiger partial charge < -0.3 is 10.8 Å². The van der Waals surface area contributed by atoms with Crippen molar-refractivity contribution in [1.82, 2.24) is 0 Å². The van der Waals surface area contributed by atoms with Crippen molar-refractivity contribution < 1.29 is 9.50 Å². The van der Waals surface area contributed by atoms with Crippen LogP contribution in [0, 0.1) is 0 Å². The van der Waals surface area contributed by atoms with E-state index in [-0.39, 0.29) is 5.75 Å². The molecular formula is C8H8BrClFNO. The third kappa shape index (κ3) is 2.33. The molecule has 0 heterocycles. The third-order valence-electron chi connectivity index (χ3n) is 1.62. The molecule has 3 N–H and O–H groups in total. The van der Waals surface area contributed by atoms with Crippen molar-refractivity contribution >= 4 is 27.5 Å². The van der Waals surface area contributed by atoms with Gasteiger partial charge in [0.1, 0.15) is 12.4 Å². The Balaban J connectivity index is 3.20. The summed E-state index contributed by atoms with van der Waals surface area (Å²) in [6, 6.07) is 2.13. The van der Waals surface area contributed by atoms with E-state index in [2.05, 4.69) is 15.9 Å². The summed E-state index contributed by atoms with van der Waals surface area (Å²) in [4.78, 5) is 0. The lowest BCUT2D eigenvalue weighted by Crippen LogP contribution is -2.12. The molecule has 0 saturated carbocycles. The minimum atomic E-state index is -0.838. The smallest absolute Gasteiger partial charge is 0.134 e. The summed E-state index contributed by atoms with van der Waals surface area (Å²) in [5.74, 6) is -0.0606. The van der Waals surface area contributed by atoms with E-state index in [9.17, 15) is 9.50 Å². The fourth-order valence-corrected chi connectivity index (χ4v) is 1.79. The van der Waals surface area contributed by atoms with Crippen LogP contribution in [0.15, 0.2) is 16.6 Å². The molecule has 1 aromatic carbocycles. The molecule has 0 aliphatic heterocycles. The molecule has 1 aromatic rings. The zero-order valence-corrected chi connectivity index (χ0v) is 8.94. The summed E-state index contributed by atoms with van der Waals surface area (Å²) < 4.78 is 12.6. The van der Waals surface area contributed by atoms with Crippen molar-refractivity contribution in [2.75, 3.05) is 6.67 Å². The Morgan fingerprint density at radius 1 is 1.62 bits per heavy atom. The molecule has 5 heteroatoms.